The molecule has 8 heteroatoms. The van der Waals surface area contributed by atoms with Crippen LogP contribution in [-0.4, -0.2) is 53.7 Å². The Bertz CT molecular complexity index is 759. The number of nitrogens with one attached hydrogen (secondary N) is 2. The van der Waals surface area contributed by atoms with Crippen LogP contribution in [0.2, 0.25) is 0 Å². The van der Waals surface area contributed by atoms with Crippen LogP contribution in [0.15, 0.2) is 18.2 Å². The summed E-state index contributed by atoms with van der Waals surface area (Å²) < 4.78 is 5.53. The molecule has 4 rings (SSSR count). The normalized spacial score (nSPS) is 25.2. The molecule has 3 aliphatic rings. The zero-order chi connectivity index (χ0) is 18.3. The number of urea groups is 1. The maximum absolute atomic E-state index is 12.5. The summed E-state index contributed by atoms with van der Waals surface area (Å²) in [6, 6.07) is 5.11. The van der Waals surface area contributed by atoms with Crippen molar-refractivity contribution in [2.75, 3.05) is 19.7 Å². The van der Waals surface area contributed by atoms with Crippen LogP contribution in [0.5, 0.6) is 5.75 Å². The maximum atomic E-state index is 12.5. The zero-order valence-corrected chi connectivity index (χ0v) is 14.2. The van der Waals surface area contributed by atoms with Crippen molar-refractivity contribution in [3.63, 3.8) is 0 Å². The smallest absolute Gasteiger partial charge is 0.325 e. The summed E-state index contributed by atoms with van der Waals surface area (Å²) in [5, 5.41) is 14.8. The molecule has 26 heavy (non-hydrogen) atoms. The maximum Gasteiger partial charge on any atom is 0.325 e. The molecule has 1 atom stereocenters. The summed E-state index contributed by atoms with van der Waals surface area (Å²) in [7, 11) is 0. The van der Waals surface area contributed by atoms with Crippen LogP contribution in [-0.2, 0) is 16.0 Å². The van der Waals surface area contributed by atoms with Crippen LogP contribution < -0.4 is 15.4 Å². The van der Waals surface area contributed by atoms with E-state index < -0.39 is 11.9 Å². The van der Waals surface area contributed by atoms with Crippen LogP contribution in [0.1, 0.15) is 30.0 Å². The first kappa shape index (κ1) is 16.8. The number of amides is 4. The number of hydrogen-bond acceptors (Lipinski definition) is 5. The van der Waals surface area contributed by atoms with Crippen molar-refractivity contribution in [2.24, 2.45) is 5.92 Å². The van der Waals surface area contributed by atoms with Gasteiger partial charge in [-0.3, -0.25) is 14.9 Å². The molecule has 0 aromatic heterocycles. The molecule has 2 aliphatic heterocycles. The fourth-order valence-corrected chi connectivity index (χ4v) is 3.78. The Labute approximate surface area is 150 Å². The van der Waals surface area contributed by atoms with E-state index >= 15 is 0 Å². The van der Waals surface area contributed by atoms with E-state index in [0.717, 1.165) is 23.3 Å². The number of imide groups is 1. The van der Waals surface area contributed by atoms with Gasteiger partial charge in [-0.25, -0.2) is 4.79 Å². The minimum atomic E-state index is -0.546. The van der Waals surface area contributed by atoms with Crippen molar-refractivity contribution in [2.45, 2.75) is 31.4 Å². The molecule has 1 saturated heterocycles. The molecule has 1 unspecified atom stereocenters. The lowest BCUT2D eigenvalue weighted by Gasteiger charge is -2.38. The van der Waals surface area contributed by atoms with Gasteiger partial charge in [-0.05, 0) is 42.0 Å². The van der Waals surface area contributed by atoms with E-state index in [1.807, 2.05) is 18.2 Å². The summed E-state index contributed by atoms with van der Waals surface area (Å²) in [4.78, 5) is 36.5. The molecule has 1 aliphatic carbocycles. The minimum Gasteiger partial charge on any atom is -0.493 e. The SMILES string of the molecule is O=C1CN(CC(=O)NC(c2ccc3c(c2)CCO3)C2CC(O)C2)C(=O)N1. The van der Waals surface area contributed by atoms with E-state index in [4.69, 9.17) is 4.74 Å². The summed E-state index contributed by atoms with van der Waals surface area (Å²) in [6.45, 7) is 0.392. The van der Waals surface area contributed by atoms with Crippen molar-refractivity contribution in [1.29, 1.82) is 0 Å². The Morgan fingerprint density at radius 3 is 2.88 bits per heavy atom. The van der Waals surface area contributed by atoms with Crippen LogP contribution >= 0.6 is 0 Å². The molecule has 2 fully saturated rings. The monoisotopic (exact) mass is 359 g/mol. The van der Waals surface area contributed by atoms with Crippen molar-refractivity contribution in [3.05, 3.63) is 29.3 Å². The largest absolute Gasteiger partial charge is 0.493 e. The van der Waals surface area contributed by atoms with E-state index in [-0.39, 0.29) is 37.1 Å². The van der Waals surface area contributed by atoms with Gasteiger partial charge in [0.25, 0.3) is 0 Å². The van der Waals surface area contributed by atoms with Gasteiger partial charge in [0, 0.05) is 6.42 Å². The third kappa shape index (κ3) is 3.24. The molecule has 3 N–H and O–H groups in total. The average molecular weight is 359 g/mol. The lowest BCUT2D eigenvalue weighted by atomic mass is 9.75. The number of aliphatic hydroxyl groups excluding tert-OH is 1. The van der Waals surface area contributed by atoms with Crippen molar-refractivity contribution in [3.8, 4) is 5.75 Å². The number of benzene rings is 1. The Hall–Kier alpha value is -2.61. The molecule has 2 heterocycles. The number of fused-ring (bicyclic) bond motifs is 1. The van der Waals surface area contributed by atoms with Gasteiger partial charge in [0.2, 0.25) is 11.8 Å². The third-order valence-corrected chi connectivity index (χ3v) is 5.21. The number of aliphatic hydroxyl groups is 1. The average Bonchev–Trinajstić information content (AvgIpc) is 3.15. The highest BCUT2D eigenvalue weighted by atomic mass is 16.5. The Kier molecular flexibility index (Phi) is 4.28. The molecule has 138 valence electrons. The van der Waals surface area contributed by atoms with Crippen LogP contribution in [0.4, 0.5) is 4.79 Å². The first-order valence-corrected chi connectivity index (χ1v) is 8.81. The molecule has 0 bridgehead atoms. The van der Waals surface area contributed by atoms with Gasteiger partial charge in [0.05, 0.1) is 18.8 Å². The predicted octanol–water partition coefficient (Wildman–Crippen LogP) is 0.102. The van der Waals surface area contributed by atoms with Gasteiger partial charge in [-0.1, -0.05) is 6.07 Å². The molecular formula is C18H21N3O5. The quantitative estimate of drug-likeness (QED) is 0.647. The van der Waals surface area contributed by atoms with Crippen molar-refractivity contribution < 1.29 is 24.2 Å². The van der Waals surface area contributed by atoms with Crippen LogP contribution in [0.3, 0.4) is 0 Å². The van der Waals surface area contributed by atoms with Gasteiger partial charge in [0.1, 0.15) is 18.8 Å². The highest BCUT2D eigenvalue weighted by molar-refractivity contribution is 6.03. The second kappa shape index (κ2) is 6.60. The Balaban J connectivity index is 1.48. The zero-order valence-electron chi connectivity index (χ0n) is 14.2. The van der Waals surface area contributed by atoms with Crippen molar-refractivity contribution in [1.82, 2.24) is 15.5 Å². The summed E-state index contributed by atoms with van der Waals surface area (Å²) in [5.74, 6) is 0.293. The number of carbonyl (C=O) groups is 3. The molecule has 0 spiro atoms. The molecule has 0 radical (unpaired) electrons. The minimum absolute atomic E-state index is 0.102. The predicted molar refractivity (Wildman–Crippen MR) is 90.4 cm³/mol. The van der Waals surface area contributed by atoms with Gasteiger partial charge in [-0.2, -0.15) is 0 Å². The standard InChI is InChI=1S/C18H21N3O5/c22-13-6-12(7-13)17(11-1-2-14-10(5-11)3-4-26-14)19-15(23)8-21-9-16(24)20-18(21)25/h1-2,5,12-13,17,22H,3-4,6-9H2,(H,19,23)(H,20,24,25). The molecule has 8 nitrogen and oxygen atoms in total. The second-order valence-corrected chi connectivity index (χ2v) is 7.11. The first-order chi connectivity index (χ1) is 12.5. The van der Waals surface area contributed by atoms with Gasteiger partial charge in [0.15, 0.2) is 0 Å². The molecular weight excluding hydrogens is 338 g/mol. The van der Waals surface area contributed by atoms with Crippen LogP contribution in [0, 0.1) is 5.92 Å². The van der Waals surface area contributed by atoms with Crippen LogP contribution in [0.25, 0.3) is 0 Å². The van der Waals surface area contributed by atoms with Gasteiger partial charge >= 0.3 is 6.03 Å². The number of nitrogens with zero attached hydrogens (tertiary/aromatic N) is 1. The second-order valence-electron chi connectivity index (χ2n) is 7.11. The number of hydrogen-bond donors (Lipinski definition) is 3. The number of carbonyl (C=O) groups excluding carboxylic acids is 3. The first-order valence-electron chi connectivity index (χ1n) is 8.81. The molecule has 1 saturated carbocycles. The van der Waals surface area contributed by atoms with Crippen molar-refractivity contribution >= 4 is 17.8 Å². The highest BCUT2D eigenvalue weighted by Gasteiger charge is 2.37. The van der Waals surface area contributed by atoms with E-state index in [1.54, 1.807) is 0 Å². The number of rotatable bonds is 5. The van der Waals surface area contributed by atoms with E-state index in [9.17, 15) is 19.5 Å². The lowest BCUT2D eigenvalue weighted by molar-refractivity contribution is -0.123. The fourth-order valence-electron chi connectivity index (χ4n) is 3.78. The van der Waals surface area contributed by atoms with E-state index in [0.29, 0.717) is 19.4 Å². The molecule has 4 amide bonds. The summed E-state index contributed by atoms with van der Waals surface area (Å²) in [5.41, 5.74) is 2.09. The summed E-state index contributed by atoms with van der Waals surface area (Å²) in [6.07, 6.45) is 1.76. The van der Waals surface area contributed by atoms with Gasteiger partial charge in [-0.15, -0.1) is 0 Å². The molecule has 1 aromatic carbocycles. The summed E-state index contributed by atoms with van der Waals surface area (Å²) >= 11 is 0. The third-order valence-electron chi connectivity index (χ3n) is 5.21. The molecule has 1 aromatic rings. The Morgan fingerprint density at radius 2 is 2.19 bits per heavy atom. The number of ether oxygens (including phenoxy) is 1. The van der Waals surface area contributed by atoms with E-state index in [1.165, 1.54) is 4.90 Å². The highest BCUT2D eigenvalue weighted by Crippen LogP contribution is 2.39. The fraction of sp³-hybridized carbons (Fsp3) is 0.500. The lowest BCUT2D eigenvalue weighted by Crippen LogP contribution is -2.45. The van der Waals surface area contributed by atoms with Gasteiger partial charge < -0.3 is 20.1 Å². The Morgan fingerprint density at radius 1 is 1.38 bits per heavy atom. The topological polar surface area (TPSA) is 108 Å². The van der Waals surface area contributed by atoms with E-state index in [2.05, 4.69) is 10.6 Å².